The summed E-state index contributed by atoms with van der Waals surface area (Å²) in [5.74, 6) is -0.171. The average molecular weight is 524 g/mol. The third-order valence-corrected chi connectivity index (χ3v) is 8.72. The average Bonchev–Trinajstić information content (AvgIpc) is 3.17. The molecule has 202 valence electrons. The lowest BCUT2D eigenvalue weighted by Crippen LogP contribution is -2.59. The summed E-state index contributed by atoms with van der Waals surface area (Å²) in [5.41, 5.74) is 1.26. The van der Waals surface area contributed by atoms with Gasteiger partial charge in [-0.05, 0) is 82.1 Å². The van der Waals surface area contributed by atoms with Crippen molar-refractivity contribution in [3.05, 3.63) is 35.1 Å². The van der Waals surface area contributed by atoms with Crippen LogP contribution in [0.15, 0.2) is 18.2 Å². The minimum absolute atomic E-state index is 0.00256. The minimum Gasteiger partial charge on any atom is -0.444 e. The summed E-state index contributed by atoms with van der Waals surface area (Å²) < 4.78 is 19.2. The van der Waals surface area contributed by atoms with E-state index in [2.05, 4.69) is 11.4 Å². The standard InChI is InChI=1S/C28H34FN5O4/c1-28(2,3)38-27(37)31-21(25(35)33-18(12-30)9-16-10-23(16)33)14-32-13-19-11-24(32)26(36)34(19)22-7-4-15-8-17(29)5-6-20(15)22/h5-6,8,16,18-19,21-24H,4,7,9-11,13-14H2,1-3H3,(H,31,37)/t16-,18+,19-,21+,22+,23+,24-/m1/s1. The molecule has 3 saturated heterocycles. The first-order chi connectivity index (χ1) is 18.0. The van der Waals surface area contributed by atoms with Gasteiger partial charge in [-0.2, -0.15) is 5.26 Å². The molecular weight excluding hydrogens is 489 g/mol. The molecule has 3 aliphatic heterocycles. The molecule has 1 aromatic carbocycles. The zero-order chi connectivity index (χ0) is 26.9. The molecule has 7 atom stereocenters. The van der Waals surface area contributed by atoms with Crippen LogP contribution >= 0.6 is 0 Å². The monoisotopic (exact) mass is 523 g/mol. The number of hydrogen-bond donors (Lipinski definition) is 1. The summed E-state index contributed by atoms with van der Waals surface area (Å²) in [5, 5.41) is 12.4. The molecule has 0 spiro atoms. The van der Waals surface area contributed by atoms with Crippen molar-refractivity contribution in [2.75, 3.05) is 13.1 Å². The molecule has 1 saturated carbocycles. The number of piperidine rings is 1. The Kier molecular flexibility index (Phi) is 5.91. The number of hydrogen-bond acceptors (Lipinski definition) is 6. The van der Waals surface area contributed by atoms with Crippen molar-refractivity contribution in [3.8, 4) is 6.07 Å². The summed E-state index contributed by atoms with van der Waals surface area (Å²) in [4.78, 5) is 45.6. The topological polar surface area (TPSA) is 106 Å². The Bertz CT molecular complexity index is 1220. The Balaban J connectivity index is 1.18. The van der Waals surface area contributed by atoms with Crippen LogP contribution in [-0.4, -0.2) is 81.5 Å². The van der Waals surface area contributed by atoms with Gasteiger partial charge in [0.2, 0.25) is 11.8 Å². The predicted octanol–water partition coefficient (Wildman–Crippen LogP) is 2.50. The molecular formula is C28H34FN5O4. The first-order valence-electron chi connectivity index (χ1n) is 13.6. The van der Waals surface area contributed by atoms with Crippen molar-refractivity contribution in [1.29, 1.82) is 5.26 Å². The number of alkyl carbamates (subject to hydrolysis) is 1. The predicted molar refractivity (Wildman–Crippen MR) is 134 cm³/mol. The molecule has 5 aliphatic rings. The highest BCUT2D eigenvalue weighted by atomic mass is 19.1. The fourth-order valence-corrected chi connectivity index (χ4v) is 7.09. The van der Waals surface area contributed by atoms with Crippen LogP contribution in [0.4, 0.5) is 9.18 Å². The van der Waals surface area contributed by atoms with E-state index < -0.39 is 23.8 Å². The van der Waals surface area contributed by atoms with Crippen LogP contribution in [0.2, 0.25) is 0 Å². The summed E-state index contributed by atoms with van der Waals surface area (Å²) in [7, 11) is 0. The van der Waals surface area contributed by atoms with E-state index in [1.807, 2.05) is 9.80 Å². The van der Waals surface area contributed by atoms with Gasteiger partial charge in [-0.25, -0.2) is 9.18 Å². The highest BCUT2D eigenvalue weighted by molar-refractivity contribution is 5.89. The van der Waals surface area contributed by atoms with Gasteiger partial charge in [-0.15, -0.1) is 0 Å². The Morgan fingerprint density at radius 1 is 1.24 bits per heavy atom. The summed E-state index contributed by atoms with van der Waals surface area (Å²) >= 11 is 0. The SMILES string of the molecule is CC(C)(C)OC(=O)N[C@@H](CN1C[C@H]2C[C@@H]1C(=O)N2[C@H]1CCc2cc(F)ccc21)C(=O)N1[C@H](C#N)C[C@@H]2C[C@@H]21. The van der Waals surface area contributed by atoms with Crippen molar-refractivity contribution < 1.29 is 23.5 Å². The van der Waals surface area contributed by atoms with Crippen molar-refractivity contribution in [1.82, 2.24) is 20.0 Å². The number of nitrogens with zero attached hydrogens (tertiary/aromatic N) is 4. The number of nitriles is 1. The first-order valence-corrected chi connectivity index (χ1v) is 13.6. The van der Waals surface area contributed by atoms with Crippen molar-refractivity contribution in [3.63, 3.8) is 0 Å². The molecule has 2 aliphatic carbocycles. The zero-order valence-corrected chi connectivity index (χ0v) is 22.0. The molecule has 6 rings (SSSR count). The van der Waals surface area contributed by atoms with Gasteiger partial charge in [-0.1, -0.05) is 6.07 Å². The normalized spacial score (nSPS) is 32.1. The second-order valence-corrected chi connectivity index (χ2v) is 12.4. The van der Waals surface area contributed by atoms with Gasteiger partial charge in [0.25, 0.3) is 0 Å². The van der Waals surface area contributed by atoms with E-state index in [9.17, 15) is 24.0 Å². The largest absolute Gasteiger partial charge is 0.444 e. The molecule has 4 fully saturated rings. The van der Waals surface area contributed by atoms with Gasteiger partial charge in [0.1, 0.15) is 23.5 Å². The lowest BCUT2D eigenvalue weighted by atomic mass is 10.1. The van der Waals surface area contributed by atoms with Gasteiger partial charge in [0.05, 0.1) is 18.2 Å². The number of rotatable bonds is 5. The third kappa shape index (κ3) is 4.31. The van der Waals surface area contributed by atoms with Crippen LogP contribution < -0.4 is 5.32 Å². The molecule has 0 radical (unpaired) electrons. The smallest absolute Gasteiger partial charge is 0.408 e. The first kappa shape index (κ1) is 25.1. The Labute approximate surface area is 221 Å². The van der Waals surface area contributed by atoms with E-state index in [0.717, 1.165) is 30.4 Å². The summed E-state index contributed by atoms with van der Waals surface area (Å²) in [6.45, 7) is 6.04. The van der Waals surface area contributed by atoms with Crippen LogP contribution in [0, 0.1) is 23.1 Å². The number of nitrogens with one attached hydrogen (secondary N) is 1. The maximum Gasteiger partial charge on any atom is 0.408 e. The van der Waals surface area contributed by atoms with Crippen LogP contribution in [0.5, 0.6) is 0 Å². The molecule has 1 N–H and O–H groups in total. The van der Waals surface area contributed by atoms with E-state index in [0.29, 0.717) is 25.3 Å². The molecule has 1 aromatic rings. The van der Waals surface area contributed by atoms with Crippen molar-refractivity contribution >= 4 is 17.9 Å². The Morgan fingerprint density at radius 3 is 2.74 bits per heavy atom. The number of amides is 3. The number of fused-ring (bicyclic) bond motifs is 4. The highest BCUT2D eigenvalue weighted by Crippen LogP contribution is 2.48. The number of aryl methyl sites for hydroxylation is 1. The Morgan fingerprint density at radius 2 is 2.03 bits per heavy atom. The van der Waals surface area contributed by atoms with E-state index in [1.165, 1.54) is 6.07 Å². The lowest BCUT2D eigenvalue weighted by Gasteiger charge is -2.39. The van der Waals surface area contributed by atoms with Gasteiger partial charge >= 0.3 is 6.09 Å². The quantitative estimate of drug-likeness (QED) is 0.636. The molecule has 0 aromatic heterocycles. The molecule has 38 heavy (non-hydrogen) atoms. The number of piperazine rings is 1. The number of carbonyl (C=O) groups excluding carboxylic acids is 3. The number of carbonyl (C=O) groups is 3. The van der Waals surface area contributed by atoms with Gasteiger partial charge in [0, 0.05) is 25.2 Å². The van der Waals surface area contributed by atoms with E-state index in [4.69, 9.17) is 4.74 Å². The van der Waals surface area contributed by atoms with Gasteiger partial charge in [0.15, 0.2) is 0 Å². The number of ether oxygens (including phenoxy) is 1. The zero-order valence-electron chi connectivity index (χ0n) is 22.0. The molecule has 10 heteroatoms. The lowest BCUT2D eigenvalue weighted by molar-refractivity contribution is -0.141. The van der Waals surface area contributed by atoms with Crippen LogP contribution in [0.3, 0.4) is 0 Å². The van der Waals surface area contributed by atoms with E-state index >= 15 is 0 Å². The minimum atomic E-state index is -0.921. The fraction of sp³-hybridized carbons (Fsp3) is 0.643. The molecule has 3 heterocycles. The third-order valence-electron chi connectivity index (χ3n) is 8.72. The van der Waals surface area contributed by atoms with E-state index in [-0.39, 0.29) is 48.3 Å². The molecule has 3 amide bonds. The second kappa shape index (κ2) is 8.94. The Hall–Kier alpha value is -3.19. The molecule has 2 bridgehead atoms. The number of likely N-dealkylation sites (tertiary alicyclic amines) is 3. The van der Waals surface area contributed by atoms with Gasteiger partial charge in [-0.3, -0.25) is 14.5 Å². The van der Waals surface area contributed by atoms with Crippen LogP contribution in [0.1, 0.15) is 63.6 Å². The van der Waals surface area contributed by atoms with E-state index in [1.54, 1.807) is 37.8 Å². The maximum absolute atomic E-state index is 13.7. The fourth-order valence-electron chi connectivity index (χ4n) is 7.09. The van der Waals surface area contributed by atoms with Crippen LogP contribution in [0.25, 0.3) is 0 Å². The highest BCUT2D eigenvalue weighted by Gasteiger charge is 2.57. The summed E-state index contributed by atoms with van der Waals surface area (Å²) in [6.07, 6.45) is 3.05. The molecule has 9 nitrogen and oxygen atoms in total. The molecule has 0 unspecified atom stereocenters. The van der Waals surface area contributed by atoms with Crippen LogP contribution in [-0.2, 0) is 20.7 Å². The number of benzene rings is 1. The summed E-state index contributed by atoms with van der Waals surface area (Å²) in [6, 6.07) is 5.27. The van der Waals surface area contributed by atoms with Crippen molar-refractivity contribution in [2.45, 2.75) is 94.7 Å². The number of halogens is 1. The second-order valence-electron chi connectivity index (χ2n) is 12.4. The van der Waals surface area contributed by atoms with Crippen molar-refractivity contribution in [2.24, 2.45) is 5.92 Å². The maximum atomic E-state index is 13.7. The van der Waals surface area contributed by atoms with Gasteiger partial charge < -0.3 is 19.9 Å².